The Bertz CT molecular complexity index is 238. The minimum atomic E-state index is 0.523. The minimum absolute atomic E-state index is 0.523. The van der Waals surface area contributed by atoms with Gasteiger partial charge in [-0.1, -0.05) is 0 Å². The second-order valence-electron chi connectivity index (χ2n) is 3.37. The van der Waals surface area contributed by atoms with Crippen molar-refractivity contribution in [3.05, 3.63) is 38.1 Å². The predicted molar refractivity (Wildman–Crippen MR) is 79.0 cm³/mol. The summed E-state index contributed by atoms with van der Waals surface area (Å²) in [5, 5.41) is 0. The van der Waals surface area contributed by atoms with Crippen LogP contribution in [0.5, 0.6) is 0 Å². The molecule has 7 heteroatoms. The van der Waals surface area contributed by atoms with Gasteiger partial charge in [0.15, 0.2) is 0 Å². The van der Waals surface area contributed by atoms with E-state index in [4.69, 9.17) is 0 Å². The normalized spacial score (nSPS) is 18.5. The van der Waals surface area contributed by atoms with Crippen molar-refractivity contribution in [1.82, 2.24) is 19.6 Å². The molecule has 0 aliphatic carbocycles. The van der Waals surface area contributed by atoms with Crippen LogP contribution in [0.2, 0.25) is 0 Å². The van der Waals surface area contributed by atoms with Crippen molar-refractivity contribution in [3.8, 4) is 0 Å². The Morgan fingerprint density at radius 3 is 1.56 bits per heavy atom. The van der Waals surface area contributed by atoms with Gasteiger partial charge in [0.1, 0.15) is 0 Å². The number of hydrogen-bond acceptors (Lipinski definition) is 4. The maximum absolute atomic E-state index is 2.39. The van der Waals surface area contributed by atoms with E-state index in [-0.39, 0.29) is 0 Å². The quantitative estimate of drug-likeness (QED) is 0.345. The number of halogens is 2. The van der Waals surface area contributed by atoms with E-state index in [2.05, 4.69) is 74.2 Å². The van der Waals surface area contributed by atoms with Crippen molar-refractivity contribution >= 4 is 38.7 Å². The Kier molecular flexibility index (Phi) is 7.46. The van der Waals surface area contributed by atoms with Crippen LogP contribution in [0.1, 0.15) is 0 Å². The van der Waals surface area contributed by atoms with Gasteiger partial charge in [0.05, 0.1) is 0 Å². The molecule has 0 saturated heterocycles. The molecule has 2 aliphatic rings. The van der Waals surface area contributed by atoms with Gasteiger partial charge >= 0.3 is 49.9 Å². The molecule has 0 atom stereocenters. The molecule has 0 spiro atoms. The summed E-state index contributed by atoms with van der Waals surface area (Å²) in [6, 6.07) is 0. The van der Waals surface area contributed by atoms with Crippen molar-refractivity contribution in [2.24, 2.45) is 0 Å². The van der Waals surface area contributed by atoms with Gasteiger partial charge in [0.25, 0.3) is 0 Å². The van der Waals surface area contributed by atoms with Gasteiger partial charge in [-0.05, 0) is 38.9 Å². The Balaban J connectivity index is 0.000000386. The summed E-state index contributed by atoms with van der Waals surface area (Å²) in [6.07, 6.45) is 8.17. The van der Waals surface area contributed by atoms with Gasteiger partial charge in [-0.25, -0.2) is 0 Å². The average molecular weight is 627 g/mol. The summed E-state index contributed by atoms with van der Waals surface area (Å²) < 4.78 is 0. The van der Waals surface area contributed by atoms with E-state index in [1.165, 1.54) is 0 Å². The summed E-state index contributed by atoms with van der Waals surface area (Å²) in [7, 11) is 4.04. The molecule has 94 valence electrons. The second kappa shape index (κ2) is 8.02. The molecule has 2 heterocycles. The summed E-state index contributed by atoms with van der Waals surface area (Å²) in [4.78, 5) is 8.31. The first-order chi connectivity index (χ1) is 7.65. The van der Waals surface area contributed by atoms with Gasteiger partial charge < -0.3 is 19.6 Å². The molecular weight excluding hydrogens is 613 g/mol. The van der Waals surface area contributed by atoms with Crippen molar-refractivity contribution in [2.75, 3.05) is 20.8 Å². The van der Waals surface area contributed by atoms with E-state index in [1.54, 1.807) is 0 Å². The molecule has 0 amide bonds. The predicted octanol–water partition coefficient (Wildman–Crippen LogP) is 2.39. The standard InChI is InChI=1S/C9H14N4.2HI.Pt/c1-10-3-5-12(7-10)9-13-6-4-11(2)8-13;;;/h3-8H,9H2,1-2H3;2*1H;/q-2;;;+4/p-2. The zero-order chi connectivity index (χ0) is 12.0. The van der Waals surface area contributed by atoms with E-state index in [9.17, 15) is 0 Å². The van der Waals surface area contributed by atoms with Crippen LogP contribution in [0.4, 0.5) is 0 Å². The van der Waals surface area contributed by atoms with Crippen LogP contribution in [0.25, 0.3) is 0 Å². The summed E-state index contributed by atoms with van der Waals surface area (Å²) in [6.45, 7) is 4.97. The van der Waals surface area contributed by atoms with Crippen LogP contribution >= 0.6 is 38.7 Å². The molecule has 0 unspecified atom stereocenters. The van der Waals surface area contributed by atoms with Crippen LogP contribution in [-0.2, 0) is 11.2 Å². The fraction of sp³-hybridized carbons (Fsp3) is 0.333. The second-order valence-corrected chi connectivity index (χ2v) is 20.0. The SMILES string of the molecule is CN1C=CN(CN2C=CN(C)[CH-]2)[CH-]1.[I][Pt+2][I]. The zero-order valence-electron chi connectivity index (χ0n) is 9.03. The number of rotatable bonds is 2. The number of nitrogens with zero attached hydrogens (tertiary/aromatic N) is 4. The Hall–Kier alpha value is 0.828. The summed E-state index contributed by atoms with van der Waals surface area (Å²) in [5.41, 5.74) is 0. The van der Waals surface area contributed by atoms with Gasteiger partial charge in [0.2, 0.25) is 0 Å². The molecule has 0 aromatic heterocycles. The summed E-state index contributed by atoms with van der Waals surface area (Å²) in [5.74, 6) is 0. The molecule has 16 heavy (non-hydrogen) atoms. The zero-order valence-corrected chi connectivity index (χ0v) is 15.6. The fourth-order valence-electron chi connectivity index (χ4n) is 1.36. The first-order valence-electron chi connectivity index (χ1n) is 4.50. The van der Waals surface area contributed by atoms with Crippen molar-refractivity contribution in [3.63, 3.8) is 0 Å². The van der Waals surface area contributed by atoms with E-state index in [0.29, 0.717) is 11.2 Å². The molecule has 2 aliphatic heterocycles. The van der Waals surface area contributed by atoms with E-state index < -0.39 is 0 Å². The molecule has 0 aromatic rings. The third-order valence-electron chi connectivity index (χ3n) is 1.97. The third kappa shape index (κ3) is 5.44. The Morgan fingerprint density at radius 2 is 1.31 bits per heavy atom. The van der Waals surface area contributed by atoms with Gasteiger partial charge in [0, 0.05) is 6.67 Å². The topological polar surface area (TPSA) is 13.0 Å². The van der Waals surface area contributed by atoms with Crippen molar-refractivity contribution < 1.29 is 11.2 Å². The monoisotopic (exact) mass is 627 g/mol. The van der Waals surface area contributed by atoms with Gasteiger partial charge in [-0.15, -0.1) is 0 Å². The molecule has 0 saturated carbocycles. The maximum atomic E-state index is 2.39. The first-order valence-corrected chi connectivity index (χ1v) is 17.4. The molecule has 4 nitrogen and oxygen atoms in total. The molecule has 2 rings (SSSR count). The van der Waals surface area contributed by atoms with Crippen LogP contribution < -0.4 is 0 Å². The first kappa shape index (κ1) is 14.9. The van der Waals surface area contributed by atoms with E-state index >= 15 is 0 Å². The Morgan fingerprint density at radius 1 is 0.938 bits per heavy atom. The molecule has 0 radical (unpaired) electrons. The molecule has 0 aromatic carbocycles. The molecule has 0 N–H and O–H groups in total. The average Bonchev–Trinajstić information content (AvgIpc) is 2.78. The van der Waals surface area contributed by atoms with E-state index in [0.717, 1.165) is 6.67 Å². The van der Waals surface area contributed by atoms with Crippen LogP contribution in [0.15, 0.2) is 24.8 Å². The van der Waals surface area contributed by atoms with Crippen LogP contribution in [0, 0.1) is 13.3 Å². The fourth-order valence-corrected chi connectivity index (χ4v) is 1.36. The Labute approximate surface area is 127 Å². The third-order valence-corrected chi connectivity index (χ3v) is 1.97. The number of hydrogen-bond donors (Lipinski definition) is 0. The van der Waals surface area contributed by atoms with Gasteiger partial charge in [-0.3, -0.25) is 0 Å². The molecule has 0 fully saturated rings. The van der Waals surface area contributed by atoms with Crippen molar-refractivity contribution in [2.45, 2.75) is 0 Å². The van der Waals surface area contributed by atoms with Crippen LogP contribution in [-0.4, -0.2) is 40.4 Å². The molecule has 0 bridgehead atoms. The van der Waals surface area contributed by atoms with E-state index in [1.807, 2.05) is 36.3 Å². The summed E-state index contributed by atoms with van der Waals surface area (Å²) >= 11 is 5.30. The van der Waals surface area contributed by atoms with Crippen molar-refractivity contribution in [1.29, 1.82) is 0 Å². The van der Waals surface area contributed by atoms with Crippen LogP contribution in [0.3, 0.4) is 0 Å². The van der Waals surface area contributed by atoms with Gasteiger partial charge in [-0.2, -0.15) is 13.3 Å². The molecular formula is C9H14I2N4Pt.